The van der Waals surface area contributed by atoms with Crippen molar-refractivity contribution in [1.82, 2.24) is 40.3 Å². The number of benzene rings is 3. The van der Waals surface area contributed by atoms with Crippen molar-refractivity contribution in [2.75, 3.05) is 92.0 Å². The highest BCUT2D eigenvalue weighted by atomic mass is 35.5. The van der Waals surface area contributed by atoms with Gasteiger partial charge in [0.15, 0.2) is 5.82 Å². The first kappa shape index (κ1) is 54.3. The first-order chi connectivity index (χ1) is 35.2. The van der Waals surface area contributed by atoms with Gasteiger partial charge >= 0.3 is 0 Å². The van der Waals surface area contributed by atoms with Gasteiger partial charge in [0, 0.05) is 65.0 Å². The Morgan fingerprint density at radius 3 is 2.34 bits per heavy atom. The first-order valence-corrected chi connectivity index (χ1v) is 27.9. The number of carbonyl (C=O) groups excluding carboxylic acids is 3. The SMILES string of the molecule is Cc1ncsc1-c1ccc(CNC(=O)[C@@H]2C[C@@H](O)CN2C(=O)[C@@H](NC(=O)CN2CCC(CN3CCN(c4ccc(Nc5ncc(Cl)c(Nc6ccccc6N(C)S(C)(=O)=O)n5)cc4F)CC3)CC2)C(C)(C)C)cc1. The molecule has 3 atom stereocenters. The predicted molar refractivity (Wildman–Crippen MR) is 289 cm³/mol. The number of rotatable bonds is 17. The number of likely N-dealkylation sites (tertiary alicyclic amines) is 2. The summed E-state index contributed by atoms with van der Waals surface area (Å²) in [5, 5.41) is 23.0. The van der Waals surface area contributed by atoms with Crippen LogP contribution in [-0.4, -0.2) is 151 Å². The molecule has 3 saturated heterocycles. The normalized spacial score (nSPS) is 18.5. The summed E-state index contributed by atoms with van der Waals surface area (Å²) in [6, 6.07) is 17.9. The molecular weight excluding hydrogens is 1010 g/mol. The van der Waals surface area contributed by atoms with E-state index in [0.717, 1.165) is 77.8 Å². The van der Waals surface area contributed by atoms with E-state index in [-0.39, 0.29) is 60.5 Å². The van der Waals surface area contributed by atoms with Gasteiger partial charge in [-0.2, -0.15) is 4.98 Å². The maximum Gasteiger partial charge on any atom is 0.246 e. The van der Waals surface area contributed by atoms with Gasteiger partial charge in [-0.25, -0.2) is 22.8 Å². The van der Waals surface area contributed by atoms with Crippen LogP contribution in [0.5, 0.6) is 0 Å². The number of amides is 3. The van der Waals surface area contributed by atoms with Crippen LogP contribution in [-0.2, 0) is 31.0 Å². The molecule has 3 aliphatic heterocycles. The number of sulfonamides is 1. The molecule has 2 aromatic heterocycles. The average molecular weight is 1070 g/mol. The van der Waals surface area contributed by atoms with Crippen molar-refractivity contribution < 1.29 is 32.3 Å². The van der Waals surface area contributed by atoms with Crippen LogP contribution in [0.25, 0.3) is 10.4 Å². The fourth-order valence-electron chi connectivity index (χ4n) is 9.70. The van der Waals surface area contributed by atoms with Crippen LogP contribution in [0, 0.1) is 24.1 Å². The minimum absolute atomic E-state index is 0.00500. The number of aliphatic hydroxyl groups is 1. The lowest BCUT2D eigenvalue weighted by molar-refractivity contribution is -0.144. The van der Waals surface area contributed by atoms with Gasteiger partial charge in [-0.1, -0.05) is 68.8 Å². The number of aryl methyl sites for hydroxylation is 1. The number of thiazole rings is 1. The number of β-amino-alcohol motifs (C(OH)–C–C–N with tert-alkyl or cyclic N) is 1. The number of hydrogen-bond acceptors (Lipinski definition) is 15. The number of aliphatic hydroxyl groups excluding tert-OH is 1. The largest absolute Gasteiger partial charge is 0.391 e. The number of anilines is 6. The van der Waals surface area contributed by atoms with Crippen molar-refractivity contribution in [3.8, 4) is 10.4 Å². The molecule has 0 bridgehead atoms. The lowest BCUT2D eigenvalue weighted by Gasteiger charge is -2.40. The third-order valence-electron chi connectivity index (χ3n) is 14.0. The van der Waals surface area contributed by atoms with E-state index in [0.29, 0.717) is 41.8 Å². The zero-order valence-electron chi connectivity index (χ0n) is 42.6. The van der Waals surface area contributed by atoms with Crippen LogP contribution in [0.15, 0.2) is 78.4 Å². The Hall–Kier alpha value is -5.97. The van der Waals surface area contributed by atoms with E-state index in [9.17, 15) is 27.9 Å². The van der Waals surface area contributed by atoms with Gasteiger partial charge in [0.1, 0.15) is 22.9 Å². The van der Waals surface area contributed by atoms with Crippen molar-refractivity contribution in [2.45, 2.75) is 71.7 Å². The maximum atomic E-state index is 15.7. The topological polar surface area (TPSA) is 209 Å². The van der Waals surface area contributed by atoms with Crippen molar-refractivity contribution in [3.63, 3.8) is 0 Å². The van der Waals surface area contributed by atoms with E-state index in [4.69, 9.17) is 11.6 Å². The number of hydrogen-bond donors (Lipinski definition) is 5. The number of halogens is 2. The molecule has 3 fully saturated rings. The van der Waals surface area contributed by atoms with Gasteiger partial charge in [-0.05, 0) is 85.6 Å². The lowest BCUT2D eigenvalue weighted by atomic mass is 9.85. The number of piperazine rings is 1. The molecule has 8 rings (SSSR count). The van der Waals surface area contributed by atoms with E-state index in [2.05, 4.69) is 46.0 Å². The molecule has 396 valence electrons. The fourth-order valence-corrected chi connectivity index (χ4v) is 11.2. The van der Waals surface area contributed by atoms with Gasteiger partial charge in [0.25, 0.3) is 0 Å². The number of carbonyl (C=O) groups is 3. The second-order valence-corrected chi connectivity index (χ2v) is 23.8. The number of piperidine rings is 1. The van der Waals surface area contributed by atoms with E-state index >= 15 is 4.39 Å². The van der Waals surface area contributed by atoms with Gasteiger partial charge < -0.3 is 36.2 Å². The fraction of sp³-hybridized carbons (Fsp3) is 0.462. The molecule has 0 saturated carbocycles. The van der Waals surface area contributed by atoms with Crippen LogP contribution in [0.3, 0.4) is 0 Å². The Labute approximate surface area is 441 Å². The Balaban J connectivity index is 0.772. The number of para-hydroxylation sites is 2. The van der Waals surface area contributed by atoms with Gasteiger partial charge in [-0.15, -0.1) is 11.3 Å². The summed E-state index contributed by atoms with van der Waals surface area (Å²) in [7, 11) is -2.08. The van der Waals surface area contributed by atoms with Crippen molar-refractivity contribution in [2.24, 2.45) is 11.3 Å². The number of aromatic nitrogens is 3. The highest BCUT2D eigenvalue weighted by molar-refractivity contribution is 7.92. The van der Waals surface area contributed by atoms with Crippen molar-refractivity contribution in [3.05, 3.63) is 101 Å². The monoisotopic (exact) mass is 1070 g/mol. The molecule has 5 N–H and O–H groups in total. The summed E-state index contributed by atoms with van der Waals surface area (Å²) >= 11 is 8.00. The smallest absolute Gasteiger partial charge is 0.246 e. The van der Waals surface area contributed by atoms with Crippen LogP contribution in [0.2, 0.25) is 5.02 Å². The standard InChI is InChI=1S/C52H66ClFN12O6S2/c1-33-46(73-32-57-33)36-13-11-34(12-14-36)27-55-49(69)44-26-38(67)30-66(44)50(70)47(52(2,3)4)60-45(68)31-63-19-17-35(18-20-63)29-64-21-23-65(24-22-64)42-16-15-37(25-40(42)54)58-51-56-28-39(53)48(61-51)59-41-9-7-8-10-43(41)62(5)74(6,71)72/h7-16,25,28,32,35,38,44,47,67H,17-24,26-27,29-31H2,1-6H3,(H,55,69)(H,60,68)(H2,56,58,59,61)/t38-,44+,47-/m1/s1. The molecule has 0 unspecified atom stereocenters. The van der Waals surface area contributed by atoms with Crippen LogP contribution in [0.4, 0.5) is 38.9 Å². The minimum atomic E-state index is -3.54. The maximum absolute atomic E-state index is 15.7. The van der Waals surface area contributed by atoms with Crippen molar-refractivity contribution >= 4 is 85.2 Å². The molecule has 0 aliphatic carbocycles. The van der Waals surface area contributed by atoms with Crippen LogP contribution in [0.1, 0.15) is 51.3 Å². The Bertz CT molecular complexity index is 2910. The summed E-state index contributed by atoms with van der Waals surface area (Å²) in [4.78, 5) is 63.6. The molecule has 74 heavy (non-hydrogen) atoms. The van der Waals surface area contributed by atoms with Crippen LogP contribution >= 0.6 is 22.9 Å². The Morgan fingerprint density at radius 1 is 0.959 bits per heavy atom. The highest BCUT2D eigenvalue weighted by Gasteiger charge is 2.44. The van der Waals surface area contributed by atoms with Gasteiger partial charge in [0.05, 0.1) is 58.2 Å². The zero-order chi connectivity index (χ0) is 52.9. The Morgan fingerprint density at radius 2 is 1.68 bits per heavy atom. The molecule has 0 radical (unpaired) electrons. The molecule has 0 spiro atoms. The second kappa shape index (κ2) is 23.3. The number of nitrogens with zero attached hydrogens (tertiary/aromatic N) is 8. The van der Waals surface area contributed by atoms with E-state index in [1.807, 2.05) is 62.4 Å². The molecule has 3 aliphatic rings. The summed E-state index contributed by atoms with van der Waals surface area (Å²) < 4.78 is 41.4. The summed E-state index contributed by atoms with van der Waals surface area (Å²) in [5.74, 6) is -0.550. The summed E-state index contributed by atoms with van der Waals surface area (Å²) in [6.07, 6.45) is 3.60. The zero-order valence-corrected chi connectivity index (χ0v) is 45.0. The average Bonchev–Trinajstić information content (AvgIpc) is 3.98. The number of nitrogens with one attached hydrogen (secondary N) is 4. The molecule has 22 heteroatoms. The lowest BCUT2D eigenvalue weighted by Crippen LogP contribution is -2.59. The summed E-state index contributed by atoms with van der Waals surface area (Å²) in [5.41, 5.74) is 5.88. The highest BCUT2D eigenvalue weighted by Crippen LogP contribution is 2.34. The van der Waals surface area contributed by atoms with Crippen LogP contribution < -0.4 is 30.5 Å². The molecule has 3 aromatic carbocycles. The molecule has 3 amide bonds. The second-order valence-electron chi connectivity index (χ2n) is 20.5. The molecule has 5 aromatic rings. The van der Waals surface area contributed by atoms with E-state index < -0.39 is 39.5 Å². The predicted octanol–water partition coefficient (Wildman–Crippen LogP) is 6.23. The molecule has 18 nitrogen and oxygen atoms in total. The van der Waals surface area contributed by atoms with E-state index in [1.54, 1.807) is 47.7 Å². The van der Waals surface area contributed by atoms with Gasteiger partial charge in [-0.3, -0.25) is 28.5 Å². The minimum Gasteiger partial charge on any atom is -0.391 e. The third kappa shape index (κ3) is 13.5. The van der Waals surface area contributed by atoms with Crippen molar-refractivity contribution in [1.29, 1.82) is 0 Å². The van der Waals surface area contributed by atoms with Gasteiger partial charge in [0.2, 0.25) is 33.7 Å². The third-order valence-corrected chi connectivity index (χ3v) is 16.4. The quantitative estimate of drug-likeness (QED) is 0.0701. The Kier molecular flexibility index (Phi) is 17.1. The molecule has 5 heterocycles. The summed E-state index contributed by atoms with van der Waals surface area (Å²) in [6.45, 7) is 13.3. The van der Waals surface area contributed by atoms with E-state index in [1.165, 1.54) is 24.2 Å². The molecular formula is C52H66ClFN12O6S2. The first-order valence-electron chi connectivity index (χ1n) is 24.8.